The highest BCUT2D eigenvalue weighted by Crippen LogP contribution is 2.68. The molecule has 0 aromatic heterocycles. The van der Waals surface area contributed by atoms with Gasteiger partial charge in [0.05, 0.1) is 11.7 Å². The first kappa shape index (κ1) is 17.5. The maximum atomic E-state index is 11.9. The molecule has 4 nitrogen and oxygen atoms in total. The number of allylic oxidation sites excluding steroid dienone is 2. The van der Waals surface area contributed by atoms with Gasteiger partial charge in [-0.1, -0.05) is 20.8 Å². The second-order valence-electron chi connectivity index (χ2n) is 9.67. The summed E-state index contributed by atoms with van der Waals surface area (Å²) in [5.41, 5.74) is -1.40. The van der Waals surface area contributed by atoms with Crippen molar-refractivity contribution in [3.05, 3.63) is 11.8 Å². The molecule has 0 aliphatic heterocycles. The minimum absolute atomic E-state index is 0.0420. The van der Waals surface area contributed by atoms with E-state index in [2.05, 4.69) is 13.8 Å². The minimum Gasteiger partial charge on any atom is -0.512 e. The van der Waals surface area contributed by atoms with Gasteiger partial charge in [-0.2, -0.15) is 0 Å². The summed E-state index contributed by atoms with van der Waals surface area (Å²) >= 11 is 0. The molecular formula is C21H32O4. The van der Waals surface area contributed by atoms with Crippen molar-refractivity contribution in [3.8, 4) is 0 Å². The van der Waals surface area contributed by atoms with E-state index in [-0.39, 0.29) is 40.1 Å². The van der Waals surface area contributed by atoms with Crippen molar-refractivity contribution in [3.63, 3.8) is 0 Å². The van der Waals surface area contributed by atoms with Gasteiger partial charge in [-0.15, -0.1) is 0 Å². The van der Waals surface area contributed by atoms with Crippen molar-refractivity contribution in [2.75, 3.05) is 0 Å². The number of fused-ring (bicyclic) bond motifs is 5. The Balaban J connectivity index is 1.74. The number of rotatable bonds is 1. The van der Waals surface area contributed by atoms with Crippen LogP contribution in [-0.4, -0.2) is 32.8 Å². The zero-order valence-corrected chi connectivity index (χ0v) is 15.7. The third-order valence-electron chi connectivity index (χ3n) is 9.06. The average molecular weight is 348 g/mol. The average Bonchev–Trinajstić information content (AvgIpc) is 2.76. The molecule has 0 aromatic carbocycles. The molecule has 140 valence electrons. The minimum atomic E-state index is -0.791. The van der Waals surface area contributed by atoms with Crippen LogP contribution >= 0.6 is 0 Å². The lowest BCUT2D eigenvalue weighted by molar-refractivity contribution is -0.155. The molecule has 4 aliphatic rings. The zero-order chi connectivity index (χ0) is 18.2. The second-order valence-corrected chi connectivity index (χ2v) is 9.67. The monoisotopic (exact) mass is 348 g/mol. The van der Waals surface area contributed by atoms with Crippen LogP contribution in [0, 0.1) is 34.5 Å². The highest BCUT2D eigenvalue weighted by atomic mass is 16.3. The third-order valence-corrected chi connectivity index (χ3v) is 9.06. The zero-order valence-electron chi connectivity index (χ0n) is 15.7. The summed E-state index contributed by atoms with van der Waals surface area (Å²) in [6.45, 7) is 6.32. The van der Waals surface area contributed by atoms with Crippen LogP contribution in [0.2, 0.25) is 0 Å². The number of carbonyl (C=O) groups is 1. The molecule has 0 saturated heterocycles. The van der Waals surface area contributed by atoms with Gasteiger partial charge in [-0.05, 0) is 55.8 Å². The number of aliphatic hydroxyl groups excluding tert-OH is 2. The highest BCUT2D eigenvalue weighted by Gasteiger charge is 2.67. The molecule has 1 unspecified atom stereocenters. The standard InChI is InChI=1S/C21H32O4/c1-4-21(25)11-16(23)18-14-6-5-12-9-13(22)10-17(24)20(12,3)15(14)7-8-19(18,21)2/h10,12,14-16,18,23-25H,4-9,11H2,1-3H3/t12?,14-,15+,16-,18-,19+,20+,21-/m1/s1. The lowest BCUT2D eigenvalue weighted by Crippen LogP contribution is -2.57. The number of ketones is 1. The highest BCUT2D eigenvalue weighted by molar-refractivity contribution is 5.91. The molecule has 0 bridgehead atoms. The van der Waals surface area contributed by atoms with Gasteiger partial charge in [0.15, 0.2) is 5.78 Å². The Morgan fingerprint density at radius 3 is 2.64 bits per heavy atom. The third kappa shape index (κ3) is 2.04. The number of hydrogen-bond acceptors (Lipinski definition) is 4. The van der Waals surface area contributed by atoms with Crippen LogP contribution in [0.3, 0.4) is 0 Å². The van der Waals surface area contributed by atoms with Gasteiger partial charge in [0.1, 0.15) is 5.76 Å². The first-order valence-electron chi connectivity index (χ1n) is 10.0. The molecule has 3 saturated carbocycles. The van der Waals surface area contributed by atoms with Crippen LogP contribution in [0.5, 0.6) is 0 Å². The molecule has 4 aliphatic carbocycles. The van der Waals surface area contributed by atoms with Crippen molar-refractivity contribution >= 4 is 5.78 Å². The van der Waals surface area contributed by atoms with Crippen LogP contribution < -0.4 is 0 Å². The Morgan fingerprint density at radius 1 is 1.24 bits per heavy atom. The van der Waals surface area contributed by atoms with E-state index in [1.807, 2.05) is 6.92 Å². The first-order chi connectivity index (χ1) is 11.7. The van der Waals surface area contributed by atoms with E-state index in [4.69, 9.17) is 0 Å². The van der Waals surface area contributed by atoms with E-state index in [1.54, 1.807) is 0 Å². The van der Waals surface area contributed by atoms with E-state index < -0.39 is 11.7 Å². The van der Waals surface area contributed by atoms with Crippen LogP contribution in [-0.2, 0) is 4.79 Å². The molecule has 0 radical (unpaired) electrons. The SMILES string of the molecule is CC[C@@]1(O)C[C@@H](O)[C@H]2[C@@H]3CCC4CC(=O)C=C(O)[C@]4(C)[C@H]3CC[C@@]21C. The van der Waals surface area contributed by atoms with Crippen molar-refractivity contribution in [2.45, 2.75) is 77.4 Å². The van der Waals surface area contributed by atoms with Crippen LogP contribution in [0.1, 0.15) is 65.7 Å². The van der Waals surface area contributed by atoms with Crippen LogP contribution in [0.4, 0.5) is 0 Å². The van der Waals surface area contributed by atoms with Crippen LogP contribution in [0.15, 0.2) is 11.8 Å². The van der Waals surface area contributed by atoms with Crippen molar-refractivity contribution in [1.29, 1.82) is 0 Å². The van der Waals surface area contributed by atoms with Gasteiger partial charge >= 0.3 is 0 Å². The number of hydrogen-bond donors (Lipinski definition) is 3. The molecule has 8 atom stereocenters. The van der Waals surface area contributed by atoms with E-state index in [0.717, 1.165) is 25.7 Å². The predicted octanol–water partition coefficient (Wildman–Crippen LogP) is 3.37. The van der Waals surface area contributed by atoms with Gasteiger partial charge in [0, 0.05) is 29.7 Å². The van der Waals surface area contributed by atoms with Gasteiger partial charge in [-0.25, -0.2) is 0 Å². The summed E-state index contributed by atoms with van der Waals surface area (Å²) in [7, 11) is 0. The maximum absolute atomic E-state index is 11.9. The Morgan fingerprint density at radius 2 is 1.96 bits per heavy atom. The fourth-order valence-electron chi connectivity index (χ4n) is 7.51. The van der Waals surface area contributed by atoms with Crippen molar-refractivity contribution in [2.24, 2.45) is 34.5 Å². The van der Waals surface area contributed by atoms with Crippen molar-refractivity contribution < 1.29 is 20.1 Å². The molecule has 0 amide bonds. The first-order valence-corrected chi connectivity index (χ1v) is 10.0. The molecule has 3 fully saturated rings. The molecule has 0 aromatic rings. The van der Waals surface area contributed by atoms with Gasteiger partial charge in [-0.3, -0.25) is 4.79 Å². The Bertz CT molecular complexity index is 627. The summed E-state index contributed by atoms with van der Waals surface area (Å²) in [4.78, 5) is 11.9. The van der Waals surface area contributed by atoms with Gasteiger partial charge in [0.2, 0.25) is 0 Å². The normalized spacial score (nSPS) is 55.2. The number of carbonyl (C=O) groups excluding carboxylic acids is 1. The van der Waals surface area contributed by atoms with Gasteiger partial charge < -0.3 is 15.3 Å². The Kier molecular flexibility index (Phi) is 3.73. The molecule has 0 heterocycles. The summed E-state index contributed by atoms with van der Waals surface area (Å²) in [5, 5.41) is 32.8. The fourth-order valence-corrected chi connectivity index (χ4v) is 7.51. The molecule has 3 N–H and O–H groups in total. The van der Waals surface area contributed by atoms with E-state index in [1.165, 1.54) is 6.08 Å². The fraction of sp³-hybridized carbons (Fsp3) is 0.857. The van der Waals surface area contributed by atoms with Gasteiger partial charge in [0.25, 0.3) is 0 Å². The Hall–Kier alpha value is -0.870. The molecule has 4 rings (SSSR count). The van der Waals surface area contributed by atoms with Crippen molar-refractivity contribution in [1.82, 2.24) is 0 Å². The molecule has 4 heteroatoms. The summed E-state index contributed by atoms with van der Waals surface area (Å²) in [5.74, 6) is 1.17. The quantitative estimate of drug-likeness (QED) is 0.679. The lowest BCUT2D eigenvalue weighted by Gasteiger charge is -2.60. The summed E-state index contributed by atoms with van der Waals surface area (Å²) < 4.78 is 0. The van der Waals surface area contributed by atoms with Crippen LogP contribution in [0.25, 0.3) is 0 Å². The molecule has 0 spiro atoms. The largest absolute Gasteiger partial charge is 0.512 e. The molecular weight excluding hydrogens is 316 g/mol. The smallest absolute Gasteiger partial charge is 0.159 e. The topological polar surface area (TPSA) is 77.8 Å². The summed E-state index contributed by atoms with van der Waals surface area (Å²) in [6.07, 6.45) is 6.39. The Labute approximate surface area is 150 Å². The predicted molar refractivity (Wildman–Crippen MR) is 94.8 cm³/mol. The maximum Gasteiger partial charge on any atom is 0.159 e. The molecule has 25 heavy (non-hydrogen) atoms. The van der Waals surface area contributed by atoms with E-state index in [0.29, 0.717) is 25.2 Å². The lowest BCUT2D eigenvalue weighted by atomic mass is 9.45. The van der Waals surface area contributed by atoms with E-state index in [9.17, 15) is 20.1 Å². The second kappa shape index (κ2) is 5.32. The van der Waals surface area contributed by atoms with E-state index >= 15 is 0 Å². The summed E-state index contributed by atoms with van der Waals surface area (Å²) in [6, 6.07) is 0. The number of aliphatic hydroxyl groups is 3.